The first-order valence-corrected chi connectivity index (χ1v) is 5.02. The molecule has 0 radical (unpaired) electrons. The number of ether oxygens (including phenoxy) is 1. The largest absolute Gasteiger partial charge is 0.384 e. The Labute approximate surface area is 93.8 Å². The maximum atomic E-state index is 12.5. The summed E-state index contributed by atoms with van der Waals surface area (Å²) in [7, 11) is 1.60. The number of halogens is 1. The Balaban J connectivity index is 2.42. The number of carbonyl (C=O) groups is 1. The van der Waals surface area contributed by atoms with Crippen molar-refractivity contribution in [3.8, 4) is 0 Å². The van der Waals surface area contributed by atoms with Gasteiger partial charge in [0.15, 0.2) is 0 Å². The molecule has 1 heterocycles. The number of anilines is 1. The third-order valence-electron chi connectivity index (χ3n) is 2.00. The molecule has 1 aromatic heterocycles. The average Bonchev–Trinajstić information content (AvgIpc) is 2.21. The first kappa shape index (κ1) is 12.6. The van der Waals surface area contributed by atoms with E-state index >= 15 is 0 Å². The summed E-state index contributed by atoms with van der Waals surface area (Å²) in [5.74, 6) is -0.540. The summed E-state index contributed by atoms with van der Waals surface area (Å²) in [5.41, 5.74) is 0.496. The highest BCUT2D eigenvalue weighted by Crippen LogP contribution is 2.08. The first-order chi connectivity index (χ1) is 7.61. The van der Waals surface area contributed by atoms with Crippen LogP contribution in [0.4, 0.5) is 10.1 Å². The van der Waals surface area contributed by atoms with Crippen LogP contribution in [0.25, 0.3) is 0 Å². The Kier molecular flexibility index (Phi) is 4.85. The molecule has 1 N–H and O–H groups in total. The molecule has 0 aliphatic carbocycles. The van der Waals surface area contributed by atoms with Crippen molar-refractivity contribution in [1.82, 2.24) is 4.98 Å². The zero-order valence-electron chi connectivity index (χ0n) is 9.37. The highest BCUT2D eigenvalue weighted by atomic mass is 19.1. The fourth-order valence-electron chi connectivity index (χ4n) is 1.32. The van der Waals surface area contributed by atoms with E-state index in [2.05, 4.69) is 10.3 Å². The van der Waals surface area contributed by atoms with Crippen LogP contribution >= 0.6 is 0 Å². The van der Waals surface area contributed by atoms with Crippen molar-refractivity contribution in [2.75, 3.05) is 19.0 Å². The predicted molar refractivity (Wildman–Crippen MR) is 58.5 cm³/mol. The molecule has 88 valence electrons. The summed E-state index contributed by atoms with van der Waals surface area (Å²) in [4.78, 5) is 14.9. The van der Waals surface area contributed by atoms with E-state index in [1.165, 1.54) is 18.3 Å². The van der Waals surface area contributed by atoms with E-state index in [9.17, 15) is 9.18 Å². The summed E-state index contributed by atoms with van der Waals surface area (Å²) in [6.07, 6.45) is 1.65. The second kappa shape index (κ2) is 6.17. The maximum absolute atomic E-state index is 12.5. The highest BCUT2D eigenvalue weighted by Gasteiger charge is 2.09. The van der Waals surface area contributed by atoms with Gasteiger partial charge in [-0.05, 0) is 18.1 Å². The Hall–Kier alpha value is -1.49. The third-order valence-corrected chi connectivity index (χ3v) is 2.00. The van der Waals surface area contributed by atoms with Crippen LogP contribution in [0.1, 0.15) is 13.3 Å². The zero-order chi connectivity index (χ0) is 12.0. The van der Waals surface area contributed by atoms with Gasteiger partial charge in [-0.2, -0.15) is 4.39 Å². The number of amides is 1. The summed E-state index contributed by atoms with van der Waals surface area (Å²) >= 11 is 0. The van der Waals surface area contributed by atoms with Gasteiger partial charge in [0.1, 0.15) is 0 Å². The third kappa shape index (κ3) is 4.35. The van der Waals surface area contributed by atoms with Crippen LogP contribution in [0.15, 0.2) is 18.3 Å². The predicted octanol–water partition coefficient (Wildman–Crippen LogP) is 1.83. The van der Waals surface area contributed by atoms with Gasteiger partial charge in [0, 0.05) is 20.1 Å². The number of aromatic nitrogens is 1. The molecule has 1 aromatic rings. The molecule has 0 aliphatic heterocycles. The number of methoxy groups -OCH3 is 1. The molecule has 0 fully saturated rings. The second-order valence-electron chi connectivity index (χ2n) is 3.68. The molecule has 1 amide bonds. The monoisotopic (exact) mass is 226 g/mol. The standard InChI is InChI=1S/C11H15FN2O2/c1-8(7-16-2)5-11(15)14-9-3-4-10(12)13-6-9/h3-4,6,8H,5,7H2,1-2H3,(H,14,15). The number of hydrogen-bond acceptors (Lipinski definition) is 3. The molecule has 0 saturated carbocycles. The Morgan fingerprint density at radius 1 is 1.62 bits per heavy atom. The topological polar surface area (TPSA) is 51.2 Å². The lowest BCUT2D eigenvalue weighted by Crippen LogP contribution is -2.17. The van der Waals surface area contributed by atoms with Crippen LogP contribution in [0.2, 0.25) is 0 Å². The SMILES string of the molecule is COCC(C)CC(=O)Nc1ccc(F)nc1. The number of rotatable bonds is 5. The molecule has 1 unspecified atom stereocenters. The number of nitrogens with one attached hydrogen (secondary N) is 1. The van der Waals surface area contributed by atoms with E-state index in [0.29, 0.717) is 18.7 Å². The normalized spacial score (nSPS) is 12.2. The van der Waals surface area contributed by atoms with Crippen LogP contribution in [-0.4, -0.2) is 24.6 Å². The lowest BCUT2D eigenvalue weighted by molar-refractivity contribution is -0.117. The van der Waals surface area contributed by atoms with Gasteiger partial charge in [-0.3, -0.25) is 4.79 Å². The highest BCUT2D eigenvalue weighted by molar-refractivity contribution is 5.90. The van der Waals surface area contributed by atoms with Crippen LogP contribution < -0.4 is 5.32 Å². The smallest absolute Gasteiger partial charge is 0.224 e. The van der Waals surface area contributed by atoms with Gasteiger partial charge >= 0.3 is 0 Å². The van der Waals surface area contributed by atoms with Crippen LogP contribution in [0, 0.1) is 11.9 Å². The summed E-state index contributed by atoms with van der Waals surface area (Å²) < 4.78 is 17.4. The van der Waals surface area contributed by atoms with E-state index in [1.807, 2.05) is 6.92 Å². The maximum Gasteiger partial charge on any atom is 0.224 e. The summed E-state index contributed by atoms with van der Waals surface area (Å²) in [5, 5.41) is 2.63. The van der Waals surface area contributed by atoms with Gasteiger partial charge in [0.05, 0.1) is 11.9 Å². The number of nitrogens with zero attached hydrogens (tertiary/aromatic N) is 1. The number of pyridine rings is 1. The molecule has 0 saturated heterocycles. The van der Waals surface area contributed by atoms with Gasteiger partial charge in [0.25, 0.3) is 0 Å². The fourth-order valence-corrected chi connectivity index (χ4v) is 1.32. The van der Waals surface area contributed by atoms with Crippen LogP contribution in [0.3, 0.4) is 0 Å². The Morgan fingerprint density at radius 2 is 2.38 bits per heavy atom. The van der Waals surface area contributed by atoms with Gasteiger partial charge in [-0.1, -0.05) is 6.92 Å². The molecule has 5 heteroatoms. The van der Waals surface area contributed by atoms with Gasteiger partial charge < -0.3 is 10.1 Å². The number of carbonyl (C=O) groups excluding carboxylic acids is 1. The Morgan fingerprint density at radius 3 is 2.94 bits per heavy atom. The van der Waals surface area contributed by atoms with Crippen molar-refractivity contribution in [3.63, 3.8) is 0 Å². The van der Waals surface area contributed by atoms with Gasteiger partial charge in [0.2, 0.25) is 11.9 Å². The van der Waals surface area contributed by atoms with E-state index < -0.39 is 5.95 Å². The molecular formula is C11H15FN2O2. The number of hydrogen-bond donors (Lipinski definition) is 1. The molecule has 0 bridgehead atoms. The van der Waals surface area contributed by atoms with E-state index in [0.717, 1.165) is 0 Å². The van der Waals surface area contributed by atoms with Gasteiger partial charge in [-0.15, -0.1) is 0 Å². The summed E-state index contributed by atoms with van der Waals surface area (Å²) in [6, 6.07) is 2.68. The minimum atomic E-state index is -0.564. The molecule has 1 rings (SSSR count). The van der Waals surface area contributed by atoms with E-state index in [-0.39, 0.29) is 11.8 Å². The summed E-state index contributed by atoms with van der Waals surface area (Å²) in [6.45, 7) is 2.46. The molecule has 0 aliphatic rings. The lowest BCUT2D eigenvalue weighted by atomic mass is 10.1. The van der Waals surface area contributed by atoms with E-state index in [4.69, 9.17) is 4.74 Å². The quantitative estimate of drug-likeness (QED) is 0.779. The Bertz CT molecular complexity index is 340. The van der Waals surface area contributed by atoms with Crippen molar-refractivity contribution < 1.29 is 13.9 Å². The van der Waals surface area contributed by atoms with Gasteiger partial charge in [-0.25, -0.2) is 4.98 Å². The fraction of sp³-hybridized carbons (Fsp3) is 0.455. The first-order valence-electron chi connectivity index (χ1n) is 5.02. The van der Waals surface area contributed by atoms with Crippen molar-refractivity contribution in [2.24, 2.45) is 5.92 Å². The van der Waals surface area contributed by atoms with Crippen molar-refractivity contribution in [2.45, 2.75) is 13.3 Å². The van der Waals surface area contributed by atoms with Crippen molar-refractivity contribution in [3.05, 3.63) is 24.3 Å². The lowest BCUT2D eigenvalue weighted by Gasteiger charge is -2.10. The molecule has 0 aromatic carbocycles. The van der Waals surface area contributed by atoms with E-state index in [1.54, 1.807) is 7.11 Å². The second-order valence-corrected chi connectivity index (χ2v) is 3.68. The van der Waals surface area contributed by atoms with Crippen molar-refractivity contribution in [1.29, 1.82) is 0 Å². The molecule has 16 heavy (non-hydrogen) atoms. The van der Waals surface area contributed by atoms with Crippen LogP contribution in [0.5, 0.6) is 0 Å². The van der Waals surface area contributed by atoms with Crippen molar-refractivity contribution >= 4 is 11.6 Å². The van der Waals surface area contributed by atoms with Crippen LogP contribution in [-0.2, 0) is 9.53 Å². The minimum Gasteiger partial charge on any atom is -0.384 e. The molecule has 0 spiro atoms. The molecule has 1 atom stereocenters. The minimum absolute atomic E-state index is 0.127. The zero-order valence-corrected chi connectivity index (χ0v) is 9.37. The molecule has 4 nitrogen and oxygen atoms in total. The molecular weight excluding hydrogens is 211 g/mol. The average molecular weight is 226 g/mol.